The third-order valence-electron chi connectivity index (χ3n) is 4.10. The number of rotatable bonds is 5. The molecular weight excluding hydrogens is 282 g/mol. The van der Waals surface area contributed by atoms with E-state index in [0.717, 1.165) is 5.56 Å². The molecule has 0 N–H and O–H groups in total. The number of carbonyl (C=O) groups excluding carboxylic acids is 2. The fourth-order valence-electron chi connectivity index (χ4n) is 3.03. The normalized spacial score (nSPS) is 25.0. The highest BCUT2D eigenvalue weighted by atomic mass is 16.5. The molecule has 0 spiro atoms. The van der Waals surface area contributed by atoms with Gasteiger partial charge in [-0.15, -0.1) is 0 Å². The lowest BCUT2D eigenvalue weighted by Gasteiger charge is -2.23. The number of likely N-dealkylation sites (tertiary alicyclic amines) is 1. The number of nitrogens with zero attached hydrogens (tertiary/aromatic N) is 1. The number of hydrogen-bond acceptors (Lipinski definition) is 5. The van der Waals surface area contributed by atoms with Gasteiger partial charge in [0.05, 0.1) is 19.1 Å². The minimum absolute atomic E-state index is 0.272. The average Bonchev–Trinajstić information content (AvgIpc) is 2.86. The van der Waals surface area contributed by atoms with Crippen LogP contribution in [0.5, 0.6) is 0 Å². The zero-order valence-corrected chi connectivity index (χ0v) is 13.4. The van der Waals surface area contributed by atoms with Crippen molar-refractivity contribution in [3.8, 4) is 0 Å². The van der Waals surface area contributed by atoms with E-state index in [1.54, 1.807) is 6.92 Å². The standard InChI is InChI=1S/C17H23NO4/c1-4-22-15(19)14-10-17(2,16(20)21-3)12-18(14)11-13-8-6-5-7-9-13/h5-9,14H,4,10-12H2,1-3H3/t14-,17?/m0/s1. The van der Waals surface area contributed by atoms with Crippen LogP contribution in [0.15, 0.2) is 30.3 Å². The van der Waals surface area contributed by atoms with Crippen LogP contribution in [0.3, 0.4) is 0 Å². The maximum Gasteiger partial charge on any atom is 0.323 e. The van der Waals surface area contributed by atoms with Crippen molar-refractivity contribution in [2.45, 2.75) is 32.9 Å². The molecule has 0 aliphatic carbocycles. The van der Waals surface area contributed by atoms with E-state index in [1.165, 1.54) is 7.11 Å². The topological polar surface area (TPSA) is 55.8 Å². The van der Waals surface area contributed by atoms with Crippen LogP contribution >= 0.6 is 0 Å². The van der Waals surface area contributed by atoms with E-state index >= 15 is 0 Å². The summed E-state index contributed by atoms with van der Waals surface area (Å²) in [5, 5.41) is 0. The van der Waals surface area contributed by atoms with Crippen LogP contribution in [-0.4, -0.2) is 43.1 Å². The van der Waals surface area contributed by atoms with E-state index in [2.05, 4.69) is 0 Å². The Morgan fingerprint density at radius 3 is 2.59 bits per heavy atom. The molecule has 22 heavy (non-hydrogen) atoms. The molecule has 1 aliphatic heterocycles. The highest BCUT2D eigenvalue weighted by molar-refractivity contribution is 5.82. The molecule has 0 amide bonds. The number of carbonyl (C=O) groups is 2. The Hall–Kier alpha value is -1.88. The molecule has 120 valence electrons. The molecule has 0 aromatic heterocycles. The molecule has 0 radical (unpaired) electrons. The van der Waals surface area contributed by atoms with E-state index < -0.39 is 11.5 Å². The molecule has 1 heterocycles. The zero-order chi connectivity index (χ0) is 16.2. The van der Waals surface area contributed by atoms with Crippen molar-refractivity contribution in [1.29, 1.82) is 0 Å². The minimum Gasteiger partial charge on any atom is -0.469 e. The van der Waals surface area contributed by atoms with Gasteiger partial charge in [0, 0.05) is 13.1 Å². The largest absolute Gasteiger partial charge is 0.469 e. The molecule has 1 aromatic carbocycles. The number of esters is 2. The van der Waals surface area contributed by atoms with E-state index in [9.17, 15) is 9.59 Å². The van der Waals surface area contributed by atoms with Gasteiger partial charge in [-0.1, -0.05) is 30.3 Å². The first-order valence-electron chi connectivity index (χ1n) is 7.53. The molecule has 5 heteroatoms. The highest BCUT2D eigenvalue weighted by Gasteiger charge is 2.49. The quantitative estimate of drug-likeness (QED) is 0.779. The van der Waals surface area contributed by atoms with E-state index in [4.69, 9.17) is 9.47 Å². The molecular formula is C17H23NO4. The molecule has 1 unspecified atom stereocenters. The first kappa shape index (κ1) is 16.5. The lowest BCUT2D eigenvalue weighted by atomic mass is 9.88. The molecule has 1 aliphatic rings. The number of ether oxygens (including phenoxy) is 2. The van der Waals surface area contributed by atoms with Crippen LogP contribution in [0.2, 0.25) is 0 Å². The predicted octanol–water partition coefficient (Wildman–Crippen LogP) is 2.00. The van der Waals surface area contributed by atoms with Crippen molar-refractivity contribution in [3.63, 3.8) is 0 Å². The maximum atomic E-state index is 12.2. The van der Waals surface area contributed by atoms with Crippen LogP contribution in [0.4, 0.5) is 0 Å². The summed E-state index contributed by atoms with van der Waals surface area (Å²) >= 11 is 0. The molecule has 2 rings (SSSR count). The first-order valence-corrected chi connectivity index (χ1v) is 7.53. The van der Waals surface area contributed by atoms with Crippen molar-refractivity contribution in [2.24, 2.45) is 5.41 Å². The molecule has 0 saturated carbocycles. The van der Waals surface area contributed by atoms with Gasteiger partial charge >= 0.3 is 11.9 Å². The van der Waals surface area contributed by atoms with Gasteiger partial charge in [-0.3, -0.25) is 14.5 Å². The third-order valence-corrected chi connectivity index (χ3v) is 4.10. The summed E-state index contributed by atoms with van der Waals surface area (Å²) in [6, 6.07) is 9.49. The number of benzene rings is 1. The summed E-state index contributed by atoms with van der Waals surface area (Å²) in [6.45, 7) is 5.06. The van der Waals surface area contributed by atoms with Crippen LogP contribution < -0.4 is 0 Å². The van der Waals surface area contributed by atoms with Crippen LogP contribution in [0.1, 0.15) is 25.8 Å². The highest BCUT2D eigenvalue weighted by Crippen LogP contribution is 2.37. The van der Waals surface area contributed by atoms with Gasteiger partial charge < -0.3 is 9.47 Å². The lowest BCUT2D eigenvalue weighted by molar-refractivity contribution is -0.151. The molecule has 5 nitrogen and oxygen atoms in total. The van der Waals surface area contributed by atoms with Gasteiger partial charge in [-0.25, -0.2) is 0 Å². The van der Waals surface area contributed by atoms with E-state index in [1.807, 2.05) is 42.2 Å². The smallest absolute Gasteiger partial charge is 0.323 e. The predicted molar refractivity (Wildman–Crippen MR) is 82.0 cm³/mol. The van der Waals surface area contributed by atoms with Gasteiger partial charge in [-0.05, 0) is 25.8 Å². The Labute approximate surface area is 131 Å². The van der Waals surface area contributed by atoms with Crippen LogP contribution in [-0.2, 0) is 25.6 Å². The number of methoxy groups -OCH3 is 1. The van der Waals surface area contributed by atoms with Crippen LogP contribution in [0.25, 0.3) is 0 Å². The summed E-state index contributed by atoms with van der Waals surface area (Å²) < 4.78 is 10.1. The van der Waals surface area contributed by atoms with Gasteiger partial charge in [0.15, 0.2) is 0 Å². The summed E-state index contributed by atoms with van der Waals surface area (Å²) in [4.78, 5) is 26.3. The fraction of sp³-hybridized carbons (Fsp3) is 0.529. The Morgan fingerprint density at radius 1 is 1.32 bits per heavy atom. The monoisotopic (exact) mass is 305 g/mol. The minimum atomic E-state index is -0.680. The molecule has 1 saturated heterocycles. The summed E-state index contributed by atoms with van der Waals surface area (Å²) in [5.41, 5.74) is 0.423. The average molecular weight is 305 g/mol. The second kappa shape index (κ2) is 6.92. The first-order chi connectivity index (χ1) is 10.5. The Balaban J connectivity index is 2.19. The van der Waals surface area contributed by atoms with Gasteiger partial charge in [0.1, 0.15) is 6.04 Å². The molecule has 2 atom stereocenters. The Kier molecular flexibility index (Phi) is 5.19. The Morgan fingerprint density at radius 2 is 2.00 bits per heavy atom. The maximum absolute atomic E-state index is 12.2. The summed E-state index contributed by atoms with van der Waals surface area (Å²) in [5.74, 6) is -0.552. The fourth-order valence-corrected chi connectivity index (χ4v) is 3.03. The second-order valence-corrected chi connectivity index (χ2v) is 5.91. The van der Waals surface area contributed by atoms with Crippen molar-refractivity contribution in [1.82, 2.24) is 4.90 Å². The third kappa shape index (κ3) is 3.47. The van der Waals surface area contributed by atoms with Crippen molar-refractivity contribution >= 4 is 11.9 Å². The van der Waals surface area contributed by atoms with Crippen molar-refractivity contribution < 1.29 is 19.1 Å². The van der Waals surface area contributed by atoms with Gasteiger partial charge in [0.2, 0.25) is 0 Å². The lowest BCUT2D eigenvalue weighted by Crippen LogP contribution is -2.37. The zero-order valence-electron chi connectivity index (χ0n) is 13.4. The number of hydrogen-bond donors (Lipinski definition) is 0. The second-order valence-electron chi connectivity index (χ2n) is 5.91. The van der Waals surface area contributed by atoms with Crippen molar-refractivity contribution in [3.05, 3.63) is 35.9 Å². The van der Waals surface area contributed by atoms with Gasteiger partial charge in [-0.2, -0.15) is 0 Å². The molecule has 0 bridgehead atoms. The van der Waals surface area contributed by atoms with Gasteiger partial charge in [0.25, 0.3) is 0 Å². The van der Waals surface area contributed by atoms with E-state index in [-0.39, 0.29) is 11.9 Å². The van der Waals surface area contributed by atoms with Crippen LogP contribution in [0, 0.1) is 5.41 Å². The molecule has 1 fully saturated rings. The Bertz CT molecular complexity index is 531. The molecule has 1 aromatic rings. The van der Waals surface area contributed by atoms with Crippen molar-refractivity contribution in [2.75, 3.05) is 20.3 Å². The van der Waals surface area contributed by atoms with E-state index in [0.29, 0.717) is 26.1 Å². The summed E-state index contributed by atoms with van der Waals surface area (Å²) in [6.07, 6.45) is 0.422. The SMILES string of the molecule is CCOC(=O)[C@@H]1CC(C)(C(=O)OC)CN1Cc1ccccc1. The summed E-state index contributed by atoms with van der Waals surface area (Å²) in [7, 11) is 1.38.